The molecule has 1 aromatic carbocycles. The van der Waals surface area contributed by atoms with Crippen LogP contribution in [0.1, 0.15) is 30.6 Å². The van der Waals surface area contributed by atoms with Gasteiger partial charge in [-0.3, -0.25) is 4.79 Å². The van der Waals surface area contributed by atoms with E-state index in [-0.39, 0.29) is 29.6 Å². The monoisotopic (exact) mass is 264 g/mol. The maximum atomic E-state index is 12.9. The van der Waals surface area contributed by atoms with Crippen LogP contribution in [0.25, 0.3) is 0 Å². The first-order chi connectivity index (χ1) is 8.95. The molecule has 0 aliphatic carbocycles. The van der Waals surface area contributed by atoms with Gasteiger partial charge in [0.05, 0.1) is 18.1 Å². The number of hydrogen-bond donors (Lipinski definition) is 1. The van der Waals surface area contributed by atoms with Gasteiger partial charge < -0.3 is 10.0 Å². The number of carbonyl (C=O) groups is 1. The van der Waals surface area contributed by atoms with Crippen molar-refractivity contribution < 1.29 is 14.3 Å². The van der Waals surface area contributed by atoms with Crippen LogP contribution in [-0.2, 0) is 0 Å². The van der Waals surface area contributed by atoms with Gasteiger partial charge in [0.25, 0.3) is 5.91 Å². The fraction of sp³-hybridized carbons (Fsp3) is 0.429. The number of nitrogens with zero attached hydrogens (tertiary/aromatic N) is 2. The third-order valence-electron chi connectivity index (χ3n) is 2.56. The molecule has 19 heavy (non-hydrogen) atoms. The van der Waals surface area contributed by atoms with E-state index >= 15 is 0 Å². The second kappa shape index (κ2) is 6.74. The van der Waals surface area contributed by atoms with E-state index in [9.17, 15) is 14.3 Å². The van der Waals surface area contributed by atoms with Crippen LogP contribution in [0.2, 0.25) is 0 Å². The lowest BCUT2D eigenvalue weighted by Crippen LogP contribution is -2.35. The topological polar surface area (TPSA) is 64.3 Å². The lowest BCUT2D eigenvalue weighted by molar-refractivity contribution is 0.0737. The molecule has 0 fully saturated rings. The third kappa shape index (κ3) is 4.25. The number of nitriles is 1. The van der Waals surface area contributed by atoms with Gasteiger partial charge in [-0.25, -0.2) is 4.39 Å². The van der Waals surface area contributed by atoms with E-state index in [1.54, 1.807) is 0 Å². The van der Waals surface area contributed by atoms with Crippen molar-refractivity contribution in [1.82, 2.24) is 4.90 Å². The Hall–Kier alpha value is -2.09. The van der Waals surface area contributed by atoms with Gasteiger partial charge in [0.15, 0.2) is 0 Å². The van der Waals surface area contributed by atoms with Crippen LogP contribution >= 0.6 is 0 Å². The zero-order valence-electron chi connectivity index (χ0n) is 11.1. The van der Waals surface area contributed by atoms with Crippen molar-refractivity contribution in [3.63, 3.8) is 0 Å². The van der Waals surface area contributed by atoms with Crippen LogP contribution in [0.5, 0.6) is 5.75 Å². The minimum atomic E-state index is -0.596. The van der Waals surface area contributed by atoms with Crippen molar-refractivity contribution in [2.24, 2.45) is 5.92 Å². The van der Waals surface area contributed by atoms with Crippen molar-refractivity contribution in [1.29, 1.82) is 5.26 Å². The summed E-state index contributed by atoms with van der Waals surface area (Å²) < 4.78 is 12.9. The summed E-state index contributed by atoms with van der Waals surface area (Å²) in [5.74, 6) is -1.12. The van der Waals surface area contributed by atoms with Gasteiger partial charge in [0, 0.05) is 19.2 Å². The molecule has 5 heteroatoms. The van der Waals surface area contributed by atoms with E-state index in [2.05, 4.69) is 0 Å². The van der Waals surface area contributed by atoms with E-state index in [1.807, 2.05) is 19.9 Å². The van der Waals surface area contributed by atoms with Crippen LogP contribution < -0.4 is 0 Å². The number of hydrogen-bond acceptors (Lipinski definition) is 3. The van der Waals surface area contributed by atoms with E-state index in [1.165, 1.54) is 11.0 Å². The van der Waals surface area contributed by atoms with E-state index in [0.29, 0.717) is 13.1 Å². The molecule has 1 amide bonds. The summed E-state index contributed by atoms with van der Waals surface area (Å²) in [5.41, 5.74) is 0.0555. The van der Waals surface area contributed by atoms with Crippen LogP contribution in [0.4, 0.5) is 4.39 Å². The molecule has 0 saturated carbocycles. The highest BCUT2D eigenvalue weighted by Crippen LogP contribution is 2.20. The highest BCUT2D eigenvalue weighted by molar-refractivity contribution is 5.96. The maximum Gasteiger partial charge on any atom is 0.257 e. The Labute approximate surface area is 112 Å². The summed E-state index contributed by atoms with van der Waals surface area (Å²) in [5, 5.41) is 18.2. The van der Waals surface area contributed by atoms with E-state index in [4.69, 9.17) is 5.26 Å². The van der Waals surface area contributed by atoms with Crippen LogP contribution in [0, 0.1) is 23.1 Å². The van der Waals surface area contributed by atoms with E-state index < -0.39 is 5.82 Å². The predicted molar refractivity (Wildman–Crippen MR) is 69.0 cm³/mol. The number of carbonyl (C=O) groups excluding carboxylic acids is 1. The second-order valence-corrected chi connectivity index (χ2v) is 4.71. The Morgan fingerprint density at radius 1 is 1.53 bits per heavy atom. The molecule has 0 radical (unpaired) electrons. The van der Waals surface area contributed by atoms with Crippen molar-refractivity contribution in [3.05, 3.63) is 29.6 Å². The Balaban J connectivity index is 2.94. The number of phenolic OH excluding ortho intramolecular Hbond substituents is 1. The molecule has 0 bridgehead atoms. The summed E-state index contributed by atoms with van der Waals surface area (Å²) >= 11 is 0. The summed E-state index contributed by atoms with van der Waals surface area (Å²) in [7, 11) is 0. The fourth-order valence-corrected chi connectivity index (χ4v) is 1.76. The van der Waals surface area contributed by atoms with Crippen LogP contribution in [0.3, 0.4) is 0 Å². The molecule has 1 N–H and O–H groups in total. The number of benzene rings is 1. The van der Waals surface area contributed by atoms with Gasteiger partial charge in [-0.05, 0) is 18.1 Å². The standard InChI is InChI=1S/C14H17FN2O2/c1-10(2)9-17(7-3-6-16)14(19)12-5-4-11(15)8-13(12)18/h4-5,8,10,18H,3,7,9H2,1-2H3. The molecule has 1 aromatic rings. The zero-order chi connectivity index (χ0) is 14.4. The summed E-state index contributed by atoms with van der Waals surface area (Å²) in [4.78, 5) is 13.8. The molecule has 102 valence electrons. The smallest absolute Gasteiger partial charge is 0.257 e. The number of aromatic hydroxyl groups is 1. The average molecular weight is 264 g/mol. The SMILES string of the molecule is CC(C)CN(CCC#N)C(=O)c1ccc(F)cc1O. The first-order valence-corrected chi connectivity index (χ1v) is 6.10. The van der Waals surface area contributed by atoms with Gasteiger partial charge in [-0.2, -0.15) is 5.26 Å². The molecule has 0 saturated heterocycles. The number of halogens is 1. The largest absolute Gasteiger partial charge is 0.507 e. The molecule has 1 rings (SSSR count). The van der Waals surface area contributed by atoms with Gasteiger partial charge in [-0.1, -0.05) is 13.8 Å². The molecular formula is C14H17FN2O2. The van der Waals surface area contributed by atoms with E-state index in [0.717, 1.165) is 12.1 Å². The second-order valence-electron chi connectivity index (χ2n) is 4.71. The van der Waals surface area contributed by atoms with Gasteiger partial charge in [0.2, 0.25) is 0 Å². The summed E-state index contributed by atoms with van der Waals surface area (Å²) in [6, 6.07) is 5.28. The minimum absolute atomic E-state index is 0.0555. The summed E-state index contributed by atoms with van der Waals surface area (Å²) in [6.45, 7) is 4.69. The van der Waals surface area contributed by atoms with Crippen LogP contribution in [0.15, 0.2) is 18.2 Å². The first-order valence-electron chi connectivity index (χ1n) is 6.10. The van der Waals surface area contributed by atoms with Crippen molar-refractivity contribution >= 4 is 5.91 Å². The molecular weight excluding hydrogens is 247 g/mol. The average Bonchev–Trinajstić information content (AvgIpc) is 2.33. The lowest BCUT2D eigenvalue weighted by Gasteiger charge is -2.24. The highest BCUT2D eigenvalue weighted by atomic mass is 19.1. The molecule has 0 unspecified atom stereocenters. The summed E-state index contributed by atoms with van der Waals surface area (Å²) in [6.07, 6.45) is 0.223. The Morgan fingerprint density at radius 2 is 2.21 bits per heavy atom. The van der Waals surface area contributed by atoms with Gasteiger partial charge in [0.1, 0.15) is 11.6 Å². The molecule has 0 aromatic heterocycles. The Bertz CT molecular complexity index is 495. The Morgan fingerprint density at radius 3 is 2.74 bits per heavy atom. The predicted octanol–water partition coefficient (Wildman–Crippen LogP) is 2.54. The normalized spacial score (nSPS) is 10.3. The molecule has 0 aliphatic heterocycles. The minimum Gasteiger partial charge on any atom is -0.507 e. The van der Waals surface area contributed by atoms with Gasteiger partial charge >= 0.3 is 0 Å². The fourth-order valence-electron chi connectivity index (χ4n) is 1.76. The number of phenols is 1. The van der Waals surface area contributed by atoms with Crippen LogP contribution in [-0.4, -0.2) is 29.0 Å². The lowest BCUT2D eigenvalue weighted by atomic mass is 10.1. The number of rotatable bonds is 5. The van der Waals surface area contributed by atoms with Gasteiger partial charge in [-0.15, -0.1) is 0 Å². The molecule has 0 atom stereocenters. The molecule has 0 aliphatic rings. The maximum absolute atomic E-state index is 12.9. The molecule has 0 heterocycles. The number of amides is 1. The van der Waals surface area contributed by atoms with Crippen molar-refractivity contribution in [2.75, 3.05) is 13.1 Å². The highest BCUT2D eigenvalue weighted by Gasteiger charge is 2.19. The van der Waals surface area contributed by atoms with Crippen molar-refractivity contribution in [2.45, 2.75) is 20.3 Å². The first kappa shape index (κ1) is 15.0. The molecule has 4 nitrogen and oxygen atoms in total. The molecule has 0 spiro atoms. The zero-order valence-corrected chi connectivity index (χ0v) is 11.1. The quantitative estimate of drug-likeness (QED) is 0.888. The third-order valence-corrected chi connectivity index (χ3v) is 2.56. The van der Waals surface area contributed by atoms with Crippen molar-refractivity contribution in [3.8, 4) is 11.8 Å². The Kier molecular flexibility index (Phi) is 5.31.